The molecule has 1 atom stereocenters. The molecule has 0 aromatic heterocycles. The summed E-state index contributed by atoms with van der Waals surface area (Å²) in [5.74, 6) is -0.465. The molecule has 3 N–H and O–H groups in total. The number of hydrogen-bond donors (Lipinski definition) is 2. The summed E-state index contributed by atoms with van der Waals surface area (Å²) in [6.45, 7) is 1.16. The molecule has 0 radical (unpaired) electrons. The van der Waals surface area contributed by atoms with Crippen molar-refractivity contribution in [1.29, 1.82) is 0 Å². The minimum atomic E-state index is -0.224. The maximum atomic E-state index is 12.6. The fourth-order valence-corrected chi connectivity index (χ4v) is 3.52. The highest BCUT2D eigenvalue weighted by atomic mass is 16.2. The number of para-hydroxylation sites is 2. The Morgan fingerprint density at radius 1 is 1.16 bits per heavy atom. The van der Waals surface area contributed by atoms with E-state index in [1.54, 1.807) is 18.2 Å². The molecule has 0 saturated carbocycles. The lowest BCUT2D eigenvalue weighted by Crippen LogP contribution is -2.48. The van der Waals surface area contributed by atoms with Crippen LogP contribution in [-0.2, 0) is 14.4 Å². The van der Waals surface area contributed by atoms with E-state index in [2.05, 4.69) is 5.32 Å². The summed E-state index contributed by atoms with van der Waals surface area (Å²) in [6, 6.07) is 7.26. The maximum Gasteiger partial charge on any atom is 0.244 e. The van der Waals surface area contributed by atoms with Crippen LogP contribution in [0.5, 0.6) is 0 Å². The summed E-state index contributed by atoms with van der Waals surface area (Å²) in [6.07, 6.45) is 3.24. The molecule has 0 aliphatic carbocycles. The number of rotatable bonds is 4. The normalized spacial score (nSPS) is 20.0. The second kappa shape index (κ2) is 7.65. The van der Waals surface area contributed by atoms with Crippen LogP contribution in [0.1, 0.15) is 32.1 Å². The first kappa shape index (κ1) is 17.4. The third-order valence-corrected chi connectivity index (χ3v) is 4.84. The van der Waals surface area contributed by atoms with Gasteiger partial charge in [-0.3, -0.25) is 14.4 Å². The predicted octanol–water partition coefficient (Wildman–Crippen LogP) is 1.09. The molecule has 7 heteroatoms. The van der Waals surface area contributed by atoms with Crippen LogP contribution in [0.4, 0.5) is 11.4 Å². The van der Waals surface area contributed by atoms with Crippen molar-refractivity contribution in [3.05, 3.63) is 24.3 Å². The van der Waals surface area contributed by atoms with E-state index in [1.165, 1.54) is 4.90 Å². The molecule has 1 unspecified atom stereocenters. The zero-order valence-corrected chi connectivity index (χ0v) is 14.2. The van der Waals surface area contributed by atoms with Gasteiger partial charge < -0.3 is 20.9 Å². The number of fused-ring (bicyclic) bond motifs is 1. The van der Waals surface area contributed by atoms with Crippen LogP contribution in [0.3, 0.4) is 0 Å². The van der Waals surface area contributed by atoms with E-state index in [1.807, 2.05) is 11.0 Å². The Morgan fingerprint density at radius 3 is 2.72 bits per heavy atom. The topological polar surface area (TPSA) is 95.7 Å². The number of nitrogens with zero attached hydrogens (tertiary/aromatic N) is 2. The van der Waals surface area contributed by atoms with Crippen LogP contribution in [0.2, 0.25) is 0 Å². The van der Waals surface area contributed by atoms with Crippen molar-refractivity contribution in [3.8, 4) is 0 Å². The van der Waals surface area contributed by atoms with E-state index in [0.717, 1.165) is 19.3 Å². The van der Waals surface area contributed by atoms with Gasteiger partial charge >= 0.3 is 0 Å². The quantitative estimate of drug-likeness (QED) is 0.855. The van der Waals surface area contributed by atoms with Gasteiger partial charge in [0, 0.05) is 32.0 Å². The minimum absolute atomic E-state index is 0.0147. The molecular formula is C18H24N4O3. The summed E-state index contributed by atoms with van der Waals surface area (Å²) >= 11 is 0. The van der Waals surface area contributed by atoms with Crippen molar-refractivity contribution in [2.75, 3.05) is 29.9 Å². The van der Waals surface area contributed by atoms with Gasteiger partial charge in [-0.2, -0.15) is 0 Å². The maximum absolute atomic E-state index is 12.6. The number of piperidine rings is 1. The van der Waals surface area contributed by atoms with Gasteiger partial charge in [0.2, 0.25) is 17.7 Å². The number of hydrogen-bond acceptors (Lipinski definition) is 4. The highest BCUT2D eigenvalue weighted by Gasteiger charge is 2.29. The Morgan fingerprint density at radius 2 is 1.92 bits per heavy atom. The van der Waals surface area contributed by atoms with E-state index < -0.39 is 0 Å². The van der Waals surface area contributed by atoms with Gasteiger partial charge in [0.15, 0.2) is 0 Å². The number of amides is 3. The first-order chi connectivity index (χ1) is 12.1. The second-order valence-corrected chi connectivity index (χ2v) is 6.52. The number of anilines is 2. The zero-order valence-electron chi connectivity index (χ0n) is 14.2. The standard InChI is InChI=1S/C18H24N4O3/c19-11-13-5-3-4-10-21(13)17(24)8-9-18(25)22-12-16(23)20-14-6-1-2-7-15(14)22/h1-2,6-7,13H,3-5,8-12,19H2,(H,20,23). The van der Waals surface area contributed by atoms with Crippen molar-refractivity contribution in [2.45, 2.75) is 38.1 Å². The molecule has 25 heavy (non-hydrogen) atoms. The van der Waals surface area contributed by atoms with Gasteiger partial charge in [-0.05, 0) is 31.4 Å². The molecule has 7 nitrogen and oxygen atoms in total. The lowest BCUT2D eigenvalue weighted by atomic mass is 10.0. The van der Waals surface area contributed by atoms with Crippen molar-refractivity contribution in [3.63, 3.8) is 0 Å². The molecular weight excluding hydrogens is 320 g/mol. The van der Waals surface area contributed by atoms with Crippen molar-refractivity contribution in [1.82, 2.24) is 4.90 Å². The lowest BCUT2D eigenvalue weighted by molar-refractivity contribution is -0.136. The van der Waals surface area contributed by atoms with Crippen LogP contribution in [0.15, 0.2) is 24.3 Å². The number of nitrogens with two attached hydrogens (primary N) is 1. The summed E-state index contributed by atoms with van der Waals surface area (Å²) < 4.78 is 0. The molecule has 0 bridgehead atoms. The SMILES string of the molecule is NCC1CCCCN1C(=O)CCC(=O)N1CC(=O)Nc2ccccc21. The first-order valence-corrected chi connectivity index (χ1v) is 8.79. The fraction of sp³-hybridized carbons (Fsp3) is 0.500. The Hall–Kier alpha value is -2.41. The monoisotopic (exact) mass is 344 g/mol. The number of nitrogens with one attached hydrogen (secondary N) is 1. The van der Waals surface area contributed by atoms with Gasteiger partial charge in [0.1, 0.15) is 6.54 Å². The second-order valence-electron chi connectivity index (χ2n) is 6.52. The molecule has 3 rings (SSSR count). The highest BCUT2D eigenvalue weighted by Crippen LogP contribution is 2.29. The summed E-state index contributed by atoms with van der Waals surface area (Å²) in [7, 11) is 0. The Labute approximate surface area is 147 Å². The number of carbonyl (C=O) groups excluding carboxylic acids is 3. The molecule has 1 aromatic rings. The number of likely N-dealkylation sites (tertiary alicyclic amines) is 1. The third kappa shape index (κ3) is 3.82. The highest BCUT2D eigenvalue weighted by molar-refractivity contribution is 6.10. The van der Waals surface area contributed by atoms with Gasteiger partial charge in [0.05, 0.1) is 11.4 Å². The molecule has 1 saturated heterocycles. The largest absolute Gasteiger partial charge is 0.338 e. The van der Waals surface area contributed by atoms with E-state index in [-0.39, 0.29) is 43.1 Å². The lowest BCUT2D eigenvalue weighted by Gasteiger charge is -2.35. The van der Waals surface area contributed by atoms with Gasteiger partial charge in [-0.15, -0.1) is 0 Å². The van der Waals surface area contributed by atoms with Crippen LogP contribution in [0, 0.1) is 0 Å². The number of benzene rings is 1. The average Bonchev–Trinajstić information content (AvgIpc) is 2.65. The Kier molecular flexibility index (Phi) is 5.33. The van der Waals surface area contributed by atoms with Crippen LogP contribution in [-0.4, -0.2) is 48.3 Å². The van der Waals surface area contributed by atoms with Crippen LogP contribution < -0.4 is 16.0 Å². The van der Waals surface area contributed by atoms with Gasteiger partial charge in [-0.1, -0.05) is 12.1 Å². The van der Waals surface area contributed by atoms with E-state index in [0.29, 0.717) is 24.5 Å². The summed E-state index contributed by atoms with van der Waals surface area (Å²) in [5.41, 5.74) is 7.06. The minimum Gasteiger partial charge on any atom is -0.338 e. The molecule has 2 aliphatic heterocycles. The van der Waals surface area contributed by atoms with E-state index >= 15 is 0 Å². The molecule has 1 aromatic carbocycles. The fourth-order valence-electron chi connectivity index (χ4n) is 3.52. The molecule has 134 valence electrons. The molecule has 3 amide bonds. The van der Waals surface area contributed by atoms with Crippen LogP contribution >= 0.6 is 0 Å². The van der Waals surface area contributed by atoms with E-state index in [4.69, 9.17) is 5.73 Å². The Balaban J connectivity index is 1.63. The molecule has 2 heterocycles. The molecule has 0 spiro atoms. The van der Waals surface area contributed by atoms with Crippen molar-refractivity contribution >= 4 is 29.1 Å². The van der Waals surface area contributed by atoms with E-state index in [9.17, 15) is 14.4 Å². The molecule has 1 fully saturated rings. The van der Waals surface area contributed by atoms with Crippen molar-refractivity contribution in [2.24, 2.45) is 5.73 Å². The predicted molar refractivity (Wildman–Crippen MR) is 95.1 cm³/mol. The number of carbonyl (C=O) groups is 3. The van der Waals surface area contributed by atoms with Crippen LogP contribution in [0.25, 0.3) is 0 Å². The summed E-state index contributed by atoms with van der Waals surface area (Å²) in [5, 5.41) is 2.75. The summed E-state index contributed by atoms with van der Waals surface area (Å²) in [4.78, 5) is 40.2. The average molecular weight is 344 g/mol. The first-order valence-electron chi connectivity index (χ1n) is 8.79. The third-order valence-electron chi connectivity index (χ3n) is 4.84. The molecule has 2 aliphatic rings. The zero-order chi connectivity index (χ0) is 17.8. The van der Waals surface area contributed by atoms with Gasteiger partial charge in [-0.25, -0.2) is 0 Å². The van der Waals surface area contributed by atoms with Crippen molar-refractivity contribution < 1.29 is 14.4 Å². The van der Waals surface area contributed by atoms with Gasteiger partial charge in [0.25, 0.3) is 0 Å². The Bertz CT molecular complexity index is 676. The smallest absolute Gasteiger partial charge is 0.244 e.